The number of ether oxygens (including phenoxy) is 2. The summed E-state index contributed by atoms with van der Waals surface area (Å²) in [5.41, 5.74) is 0.486. The highest BCUT2D eigenvalue weighted by Gasteiger charge is 2.39. The van der Waals surface area contributed by atoms with Crippen LogP contribution >= 0.6 is 0 Å². The molecule has 0 saturated carbocycles. The van der Waals surface area contributed by atoms with E-state index in [4.69, 9.17) is 9.47 Å². The van der Waals surface area contributed by atoms with Crippen molar-refractivity contribution in [1.82, 2.24) is 10.6 Å². The van der Waals surface area contributed by atoms with Gasteiger partial charge in [0.25, 0.3) is 0 Å². The van der Waals surface area contributed by atoms with E-state index in [1.807, 2.05) is 25.1 Å². The Bertz CT molecular complexity index is 525. The van der Waals surface area contributed by atoms with Gasteiger partial charge in [0.15, 0.2) is 0 Å². The molecule has 2 atom stereocenters. The van der Waals surface area contributed by atoms with Crippen LogP contribution in [0.1, 0.15) is 44.7 Å². The van der Waals surface area contributed by atoms with Gasteiger partial charge in [-0.25, -0.2) is 0 Å². The van der Waals surface area contributed by atoms with Crippen LogP contribution in [0.15, 0.2) is 18.2 Å². The van der Waals surface area contributed by atoms with Gasteiger partial charge in [0, 0.05) is 5.56 Å². The van der Waals surface area contributed by atoms with Gasteiger partial charge in [0.1, 0.15) is 11.5 Å². The number of nitrogens with one attached hydrogen (secondary N) is 2. The second-order valence-corrected chi connectivity index (χ2v) is 5.77. The van der Waals surface area contributed by atoms with Gasteiger partial charge >= 0.3 is 0 Å². The first kappa shape index (κ1) is 16.6. The molecule has 0 radical (unpaired) electrons. The van der Waals surface area contributed by atoms with Crippen molar-refractivity contribution in [1.29, 1.82) is 0 Å². The Morgan fingerprint density at radius 2 is 2.18 bits per heavy atom. The summed E-state index contributed by atoms with van der Waals surface area (Å²) in [5.74, 6) is 1.56. The molecule has 1 heterocycles. The molecule has 0 bridgehead atoms. The van der Waals surface area contributed by atoms with Gasteiger partial charge < -0.3 is 20.1 Å². The van der Waals surface area contributed by atoms with Crippen LogP contribution < -0.4 is 20.1 Å². The Hall–Kier alpha value is -1.75. The van der Waals surface area contributed by atoms with Crippen LogP contribution in [0.25, 0.3) is 0 Å². The summed E-state index contributed by atoms with van der Waals surface area (Å²) in [5, 5.41) is 6.48. The molecule has 122 valence electrons. The van der Waals surface area contributed by atoms with Gasteiger partial charge in [-0.1, -0.05) is 6.92 Å². The molecular weight excluding hydrogens is 280 g/mol. The summed E-state index contributed by atoms with van der Waals surface area (Å²) >= 11 is 0. The number of benzene rings is 1. The molecule has 1 saturated heterocycles. The molecule has 1 aromatic carbocycles. The van der Waals surface area contributed by atoms with Crippen molar-refractivity contribution >= 4 is 5.91 Å². The van der Waals surface area contributed by atoms with E-state index < -0.39 is 5.54 Å². The molecule has 1 aromatic rings. The number of hydrogen-bond acceptors (Lipinski definition) is 4. The van der Waals surface area contributed by atoms with E-state index >= 15 is 0 Å². The lowest BCUT2D eigenvalue weighted by molar-refractivity contribution is -0.128. The zero-order chi connectivity index (χ0) is 16.2. The Labute approximate surface area is 132 Å². The third-order valence-electron chi connectivity index (χ3n) is 4.53. The lowest BCUT2D eigenvalue weighted by Crippen LogP contribution is -2.53. The van der Waals surface area contributed by atoms with E-state index in [1.54, 1.807) is 14.2 Å². The van der Waals surface area contributed by atoms with Gasteiger partial charge in [-0.2, -0.15) is 0 Å². The van der Waals surface area contributed by atoms with Gasteiger partial charge in [-0.3, -0.25) is 4.79 Å². The fourth-order valence-corrected chi connectivity index (χ4v) is 3.05. The van der Waals surface area contributed by atoms with Crippen molar-refractivity contribution in [3.05, 3.63) is 23.8 Å². The first-order chi connectivity index (χ1) is 10.6. The predicted molar refractivity (Wildman–Crippen MR) is 86.4 cm³/mol. The number of carbonyl (C=O) groups excluding carboxylic acids is 1. The summed E-state index contributed by atoms with van der Waals surface area (Å²) in [6.45, 7) is 4.92. The van der Waals surface area contributed by atoms with E-state index in [9.17, 15) is 4.79 Å². The van der Waals surface area contributed by atoms with E-state index in [2.05, 4.69) is 17.6 Å². The molecular formula is C17H26N2O3. The van der Waals surface area contributed by atoms with Crippen molar-refractivity contribution in [2.75, 3.05) is 20.8 Å². The lowest BCUT2D eigenvalue weighted by atomic mass is 9.92. The average molecular weight is 306 g/mol. The van der Waals surface area contributed by atoms with E-state index in [0.29, 0.717) is 0 Å². The van der Waals surface area contributed by atoms with E-state index in [-0.39, 0.29) is 11.9 Å². The summed E-state index contributed by atoms with van der Waals surface area (Å²) in [7, 11) is 3.26. The summed E-state index contributed by atoms with van der Waals surface area (Å²) in [4.78, 5) is 12.7. The maximum Gasteiger partial charge on any atom is 0.240 e. The fraction of sp³-hybridized carbons (Fsp3) is 0.588. The van der Waals surface area contributed by atoms with Crippen molar-refractivity contribution in [3.63, 3.8) is 0 Å². The third kappa shape index (κ3) is 3.19. The number of hydrogen-bond donors (Lipinski definition) is 2. The second-order valence-electron chi connectivity index (χ2n) is 5.77. The molecule has 1 amide bonds. The molecule has 1 aliphatic rings. The lowest BCUT2D eigenvalue weighted by Gasteiger charge is -2.29. The molecule has 0 aromatic heterocycles. The minimum Gasteiger partial charge on any atom is -0.497 e. The molecule has 0 spiro atoms. The molecule has 5 heteroatoms. The zero-order valence-corrected chi connectivity index (χ0v) is 13.9. The van der Waals surface area contributed by atoms with Gasteiger partial charge in [0.2, 0.25) is 5.91 Å². The summed E-state index contributed by atoms with van der Waals surface area (Å²) in [6, 6.07) is 5.47. The number of amides is 1. The molecule has 1 aliphatic heterocycles. The first-order valence-corrected chi connectivity index (χ1v) is 7.84. The highest BCUT2D eigenvalue weighted by atomic mass is 16.5. The van der Waals surface area contributed by atoms with E-state index in [0.717, 1.165) is 42.9 Å². The van der Waals surface area contributed by atoms with Crippen molar-refractivity contribution in [3.8, 4) is 11.5 Å². The van der Waals surface area contributed by atoms with Gasteiger partial charge in [-0.05, 0) is 50.9 Å². The van der Waals surface area contributed by atoms with Crippen molar-refractivity contribution < 1.29 is 14.3 Å². The maximum absolute atomic E-state index is 12.7. The number of carbonyl (C=O) groups is 1. The zero-order valence-electron chi connectivity index (χ0n) is 13.9. The van der Waals surface area contributed by atoms with Crippen LogP contribution in [-0.4, -0.2) is 32.2 Å². The van der Waals surface area contributed by atoms with Gasteiger partial charge in [0.05, 0.1) is 25.8 Å². The fourth-order valence-electron chi connectivity index (χ4n) is 3.05. The van der Waals surface area contributed by atoms with Crippen molar-refractivity contribution in [2.45, 2.75) is 44.7 Å². The van der Waals surface area contributed by atoms with Crippen molar-refractivity contribution in [2.24, 2.45) is 0 Å². The Morgan fingerprint density at radius 1 is 1.41 bits per heavy atom. The Balaban J connectivity index is 2.17. The maximum atomic E-state index is 12.7. The molecule has 22 heavy (non-hydrogen) atoms. The van der Waals surface area contributed by atoms with Crippen LogP contribution in [0.5, 0.6) is 11.5 Å². The number of methoxy groups -OCH3 is 2. The minimum absolute atomic E-state index is 0.0601. The van der Waals surface area contributed by atoms with Crippen LogP contribution in [-0.2, 0) is 4.79 Å². The molecule has 5 nitrogen and oxygen atoms in total. The largest absolute Gasteiger partial charge is 0.497 e. The Morgan fingerprint density at radius 3 is 2.73 bits per heavy atom. The highest BCUT2D eigenvalue weighted by Crippen LogP contribution is 2.30. The minimum atomic E-state index is -0.430. The normalized spacial score (nSPS) is 22.2. The Kier molecular flexibility index (Phi) is 5.29. The smallest absolute Gasteiger partial charge is 0.240 e. The summed E-state index contributed by atoms with van der Waals surface area (Å²) < 4.78 is 10.7. The SMILES string of the molecule is CCC1(C(=O)NC(C)c2cc(OC)ccc2OC)CCCN1. The van der Waals surface area contributed by atoms with Crippen LogP contribution in [0.2, 0.25) is 0 Å². The second kappa shape index (κ2) is 7.01. The highest BCUT2D eigenvalue weighted by molar-refractivity contribution is 5.87. The average Bonchev–Trinajstić information content (AvgIpc) is 3.04. The predicted octanol–water partition coefficient (Wildman–Crippen LogP) is 2.41. The van der Waals surface area contributed by atoms with Gasteiger partial charge in [-0.15, -0.1) is 0 Å². The monoisotopic (exact) mass is 306 g/mol. The molecule has 0 aliphatic carbocycles. The van der Waals surface area contributed by atoms with Crippen LogP contribution in [0.3, 0.4) is 0 Å². The van der Waals surface area contributed by atoms with E-state index in [1.165, 1.54) is 0 Å². The quantitative estimate of drug-likeness (QED) is 0.847. The molecule has 2 N–H and O–H groups in total. The number of rotatable bonds is 6. The standard InChI is InChI=1S/C17H26N2O3/c1-5-17(9-6-10-18-17)16(20)19-12(2)14-11-13(21-3)7-8-15(14)22-4/h7-8,11-12,18H,5-6,9-10H2,1-4H3,(H,19,20). The first-order valence-electron chi connectivity index (χ1n) is 7.84. The third-order valence-corrected chi connectivity index (χ3v) is 4.53. The topological polar surface area (TPSA) is 59.6 Å². The molecule has 2 unspecified atom stereocenters. The molecule has 1 fully saturated rings. The van der Waals surface area contributed by atoms with Crippen LogP contribution in [0.4, 0.5) is 0 Å². The van der Waals surface area contributed by atoms with Crippen LogP contribution in [0, 0.1) is 0 Å². The molecule has 2 rings (SSSR count). The summed E-state index contributed by atoms with van der Waals surface area (Å²) in [6.07, 6.45) is 2.72.